The highest BCUT2D eigenvalue weighted by Crippen LogP contribution is 2.37. The number of nitro groups is 1. The predicted molar refractivity (Wildman–Crippen MR) is 122 cm³/mol. The maximum atomic E-state index is 13.2. The zero-order valence-corrected chi connectivity index (χ0v) is 19.3. The standard InChI is InChI=1S/C21H21BrN4O5/c1-21(2,3)20-24-15-7-6-13(22)10-14(15)19(27)25(20)23-11-12-8-16(26(28)29)18(31-5)17(9-12)30-4/h6-11H,1-5H3. The third-order valence-corrected chi connectivity index (χ3v) is 4.97. The van der Waals surface area contributed by atoms with E-state index in [0.29, 0.717) is 22.3 Å². The maximum absolute atomic E-state index is 13.2. The fraction of sp³-hybridized carbons (Fsp3) is 0.286. The van der Waals surface area contributed by atoms with Crippen LogP contribution in [0.15, 0.2) is 44.7 Å². The van der Waals surface area contributed by atoms with E-state index in [9.17, 15) is 14.9 Å². The molecule has 0 spiro atoms. The number of hydrogen-bond acceptors (Lipinski definition) is 7. The minimum absolute atomic E-state index is 0.00872. The summed E-state index contributed by atoms with van der Waals surface area (Å²) in [6.07, 6.45) is 1.36. The number of fused-ring (bicyclic) bond motifs is 1. The number of aromatic nitrogens is 2. The number of rotatable bonds is 5. The summed E-state index contributed by atoms with van der Waals surface area (Å²) in [4.78, 5) is 28.7. The van der Waals surface area contributed by atoms with E-state index in [1.165, 1.54) is 31.2 Å². The van der Waals surface area contributed by atoms with Crippen molar-refractivity contribution in [2.75, 3.05) is 14.2 Å². The average Bonchev–Trinajstić information content (AvgIpc) is 2.71. The van der Waals surface area contributed by atoms with Crippen molar-refractivity contribution in [3.8, 4) is 11.5 Å². The van der Waals surface area contributed by atoms with Crippen molar-refractivity contribution in [2.24, 2.45) is 5.10 Å². The molecule has 3 aromatic rings. The normalized spacial score (nSPS) is 11.8. The number of ether oxygens (including phenoxy) is 2. The van der Waals surface area contributed by atoms with Crippen LogP contribution in [-0.2, 0) is 5.41 Å². The lowest BCUT2D eigenvalue weighted by molar-refractivity contribution is -0.385. The number of nitro benzene ring substituents is 1. The van der Waals surface area contributed by atoms with Gasteiger partial charge in [-0.1, -0.05) is 36.7 Å². The van der Waals surface area contributed by atoms with Gasteiger partial charge >= 0.3 is 5.69 Å². The third-order valence-electron chi connectivity index (χ3n) is 4.48. The zero-order chi connectivity index (χ0) is 22.9. The average molecular weight is 489 g/mol. The van der Waals surface area contributed by atoms with E-state index < -0.39 is 10.3 Å². The van der Waals surface area contributed by atoms with Gasteiger partial charge in [-0.2, -0.15) is 9.78 Å². The Kier molecular flexibility index (Phi) is 6.12. The Morgan fingerprint density at radius 1 is 1.19 bits per heavy atom. The molecule has 3 rings (SSSR count). The smallest absolute Gasteiger partial charge is 0.315 e. The summed E-state index contributed by atoms with van der Waals surface area (Å²) < 4.78 is 12.3. The quantitative estimate of drug-likeness (QED) is 0.301. The highest BCUT2D eigenvalue weighted by Gasteiger charge is 2.24. The SMILES string of the molecule is COc1cc(C=Nn2c(C(C)(C)C)nc3ccc(Br)cc3c2=O)cc([N+](=O)[O-])c1OC. The molecule has 0 saturated carbocycles. The number of hydrogen-bond donors (Lipinski definition) is 0. The predicted octanol–water partition coefficient (Wildman–Crippen LogP) is 4.26. The summed E-state index contributed by atoms with van der Waals surface area (Å²) in [5.74, 6) is 0.648. The summed E-state index contributed by atoms with van der Waals surface area (Å²) >= 11 is 3.37. The molecule has 162 valence electrons. The van der Waals surface area contributed by atoms with Crippen LogP contribution in [0.25, 0.3) is 10.9 Å². The first-order valence-corrected chi connectivity index (χ1v) is 10.0. The first-order valence-electron chi connectivity index (χ1n) is 9.24. The van der Waals surface area contributed by atoms with Crippen LogP contribution in [0.5, 0.6) is 11.5 Å². The number of benzene rings is 2. The first kappa shape index (κ1) is 22.4. The first-order chi connectivity index (χ1) is 14.6. The molecular formula is C21H21BrN4O5. The summed E-state index contributed by atoms with van der Waals surface area (Å²) in [5.41, 5.74) is -0.173. The van der Waals surface area contributed by atoms with Gasteiger partial charge in [-0.3, -0.25) is 14.9 Å². The molecule has 0 radical (unpaired) electrons. The Bertz CT molecular complexity index is 1260. The highest BCUT2D eigenvalue weighted by molar-refractivity contribution is 9.10. The summed E-state index contributed by atoms with van der Waals surface area (Å²) in [7, 11) is 2.71. The van der Waals surface area contributed by atoms with Gasteiger partial charge < -0.3 is 9.47 Å². The van der Waals surface area contributed by atoms with Gasteiger partial charge in [0.2, 0.25) is 5.75 Å². The van der Waals surface area contributed by atoms with Crippen LogP contribution in [0.3, 0.4) is 0 Å². The van der Waals surface area contributed by atoms with Crippen molar-refractivity contribution in [1.29, 1.82) is 0 Å². The Morgan fingerprint density at radius 3 is 2.48 bits per heavy atom. The van der Waals surface area contributed by atoms with Crippen LogP contribution in [0.1, 0.15) is 32.2 Å². The lowest BCUT2D eigenvalue weighted by Gasteiger charge is -2.20. The molecule has 1 aromatic heterocycles. The third kappa shape index (κ3) is 4.43. The van der Waals surface area contributed by atoms with Crippen molar-refractivity contribution >= 4 is 38.7 Å². The molecule has 0 aliphatic heterocycles. The van der Waals surface area contributed by atoms with E-state index in [4.69, 9.17) is 9.47 Å². The van der Waals surface area contributed by atoms with Gasteiger partial charge in [0, 0.05) is 21.5 Å². The maximum Gasteiger partial charge on any atom is 0.315 e. The molecular weight excluding hydrogens is 468 g/mol. The molecule has 0 aliphatic rings. The Hall–Kier alpha value is -3.27. The van der Waals surface area contributed by atoms with Crippen LogP contribution < -0.4 is 15.0 Å². The molecule has 9 nitrogen and oxygen atoms in total. The van der Waals surface area contributed by atoms with E-state index >= 15 is 0 Å². The molecule has 1 heterocycles. The van der Waals surface area contributed by atoms with E-state index in [0.717, 1.165) is 4.47 Å². The van der Waals surface area contributed by atoms with Gasteiger partial charge in [0.25, 0.3) is 5.56 Å². The molecule has 2 aromatic carbocycles. The minimum Gasteiger partial charge on any atom is -0.493 e. The van der Waals surface area contributed by atoms with Crippen LogP contribution in [0.4, 0.5) is 5.69 Å². The van der Waals surface area contributed by atoms with Crippen LogP contribution in [0, 0.1) is 10.1 Å². The van der Waals surface area contributed by atoms with Crippen molar-refractivity contribution < 1.29 is 14.4 Å². The van der Waals surface area contributed by atoms with Gasteiger partial charge in [-0.05, 0) is 24.3 Å². The molecule has 10 heteroatoms. The van der Waals surface area contributed by atoms with Gasteiger partial charge in [-0.15, -0.1) is 0 Å². The second kappa shape index (κ2) is 8.46. The van der Waals surface area contributed by atoms with E-state index in [-0.39, 0.29) is 22.7 Å². The molecule has 0 fully saturated rings. The van der Waals surface area contributed by atoms with Crippen molar-refractivity contribution in [3.63, 3.8) is 0 Å². The van der Waals surface area contributed by atoms with Crippen LogP contribution in [0.2, 0.25) is 0 Å². The zero-order valence-electron chi connectivity index (χ0n) is 17.7. The summed E-state index contributed by atoms with van der Waals surface area (Å²) in [6.45, 7) is 5.77. The second-order valence-corrected chi connectivity index (χ2v) is 8.66. The lowest BCUT2D eigenvalue weighted by atomic mass is 9.95. The topological polar surface area (TPSA) is 109 Å². The molecule has 0 saturated heterocycles. The minimum atomic E-state index is -0.569. The largest absolute Gasteiger partial charge is 0.493 e. The van der Waals surface area contributed by atoms with Crippen molar-refractivity contribution in [2.45, 2.75) is 26.2 Å². The van der Waals surface area contributed by atoms with Crippen molar-refractivity contribution in [3.05, 3.63) is 66.7 Å². The van der Waals surface area contributed by atoms with Crippen LogP contribution >= 0.6 is 15.9 Å². The van der Waals surface area contributed by atoms with Gasteiger partial charge in [0.15, 0.2) is 5.75 Å². The van der Waals surface area contributed by atoms with E-state index in [2.05, 4.69) is 26.0 Å². The number of nitrogens with zero attached hydrogens (tertiary/aromatic N) is 4. The molecule has 0 atom stereocenters. The van der Waals surface area contributed by atoms with E-state index in [1.807, 2.05) is 26.8 Å². The second-order valence-electron chi connectivity index (χ2n) is 7.74. The molecule has 31 heavy (non-hydrogen) atoms. The van der Waals surface area contributed by atoms with Gasteiger partial charge in [0.05, 0.1) is 36.3 Å². The highest BCUT2D eigenvalue weighted by atomic mass is 79.9. The molecule has 0 unspecified atom stereocenters. The Labute approximate surface area is 186 Å². The number of halogens is 1. The fourth-order valence-electron chi connectivity index (χ4n) is 3.04. The van der Waals surface area contributed by atoms with Gasteiger partial charge in [0.1, 0.15) is 5.82 Å². The van der Waals surface area contributed by atoms with Crippen LogP contribution in [-0.4, -0.2) is 35.0 Å². The molecule has 0 N–H and O–H groups in total. The van der Waals surface area contributed by atoms with E-state index in [1.54, 1.807) is 18.2 Å². The summed E-state index contributed by atoms with van der Waals surface area (Å²) in [5, 5.41) is 16.2. The van der Waals surface area contributed by atoms with Gasteiger partial charge in [-0.25, -0.2) is 4.98 Å². The monoisotopic (exact) mass is 488 g/mol. The van der Waals surface area contributed by atoms with Crippen molar-refractivity contribution in [1.82, 2.24) is 9.66 Å². The molecule has 0 aliphatic carbocycles. The molecule has 0 amide bonds. The Balaban J connectivity index is 2.24. The summed E-state index contributed by atoms with van der Waals surface area (Å²) in [6, 6.07) is 8.11. The fourth-order valence-corrected chi connectivity index (χ4v) is 3.40. The lowest BCUT2D eigenvalue weighted by Crippen LogP contribution is -2.29. The molecule has 0 bridgehead atoms. The Morgan fingerprint density at radius 2 is 1.90 bits per heavy atom. The number of methoxy groups -OCH3 is 2.